The van der Waals surface area contributed by atoms with Crippen LogP contribution in [0, 0.1) is 0 Å². The first-order chi connectivity index (χ1) is 7.11. The molecule has 6 heteroatoms. The second-order valence-corrected chi connectivity index (χ2v) is 3.30. The van der Waals surface area contributed by atoms with Gasteiger partial charge in [0.25, 0.3) is 6.43 Å². The van der Waals surface area contributed by atoms with Crippen LogP contribution in [0.4, 0.5) is 8.78 Å². The smallest absolute Gasteiger partial charge is 0.265 e. The molecule has 0 aliphatic heterocycles. The number of nitrogens with one attached hydrogen (secondary N) is 1. The van der Waals surface area contributed by atoms with Gasteiger partial charge in [-0.25, -0.2) is 8.78 Å². The van der Waals surface area contributed by atoms with Gasteiger partial charge in [0.1, 0.15) is 6.10 Å². The van der Waals surface area contributed by atoms with Gasteiger partial charge in [0.15, 0.2) is 0 Å². The summed E-state index contributed by atoms with van der Waals surface area (Å²) >= 11 is 0. The minimum absolute atomic E-state index is 0.0878. The molecule has 0 aliphatic carbocycles. The van der Waals surface area contributed by atoms with Crippen molar-refractivity contribution in [2.45, 2.75) is 19.0 Å². The second-order valence-electron chi connectivity index (χ2n) is 3.30. The van der Waals surface area contributed by atoms with Crippen LogP contribution in [-0.4, -0.2) is 40.5 Å². The van der Waals surface area contributed by atoms with Crippen molar-refractivity contribution in [1.29, 1.82) is 0 Å². The average molecular weight is 219 g/mol. The van der Waals surface area contributed by atoms with E-state index >= 15 is 0 Å². The Labute approximate surface area is 86.9 Å². The summed E-state index contributed by atoms with van der Waals surface area (Å²) < 4.78 is 25.5. The van der Waals surface area contributed by atoms with Crippen LogP contribution < -0.4 is 5.32 Å². The average Bonchev–Trinajstić information content (AvgIpc) is 2.58. The highest BCUT2D eigenvalue weighted by Crippen LogP contribution is 1.99. The minimum atomic E-state index is -2.69. The minimum Gasteiger partial charge on any atom is -0.386 e. The van der Waals surface area contributed by atoms with E-state index in [1.54, 1.807) is 10.9 Å². The van der Waals surface area contributed by atoms with Crippen LogP contribution in [0.3, 0.4) is 0 Å². The molecule has 86 valence electrons. The van der Waals surface area contributed by atoms with E-state index in [1.165, 1.54) is 0 Å². The van der Waals surface area contributed by atoms with Crippen molar-refractivity contribution in [3.63, 3.8) is 0 Å². The van der Waals surface area contributed by atoms with Crippen molar-refractivity contribution in [3.8, 4) is 0 Å². The number of aryl methyl sites for hydroxylation is 1. The molecular weight excluding hydrogens is 204 g/mol. The highest BCUT2D eigenvalue weighted by Gasteiger charge is 2.15. The molecule has 1 aromatic heterocycles. The summed E-state index contributed by atoms with van der Waals surface area (Å²) in [6.45, 7) is 0.457. The fraction of sp³-hybridized carbons (Fsp3) is 0.667. The summed E-state index contributed by atoms with van der Waals surface area (Å²) in [6, 6.07) is 1.87. The molecule has 0 saturated heterocycles. The van der Waals surface area contributed by atoms with Crippen molar-refractivity contribution in [2.75, 3.05) is 13.1 Å². The van der Waals surface area contributed by atoms with Gasteiger partial charge in [0.2, 0.25) is 0 Å². The molecule has 0 saturated carbocycles. The van der Waals surface area contributed by atoms with Crippen LogP contribution >= 0.6 is 0 Å². The van der Waals surface area contributed by atoms with Gasteiger partial charge >= 0.3 is 0 Å². The van der Waals surface area contributed by atoms with Gasteiger partial charge in [-0.2, -0.15) is 5.10 Å². The lowest BCUT2D eigenvalue weighted by molar-refractivity contribution is -0.00310. The van der Waals surface area contributed by atoms with Gasteiger partial charge in [-0.1, -0.05) is 0 Å². The van der Waals surface area contributed by atoms with Gasteiger partial charge in [0, 0.05) is 38.4 Å². The number of hydrogen-bond donors (Lipinski definition) is 2. The van der Waals surface area contributed by atoms with Crippen molar-refractivity contribution in [1.82, 2.24) is 15.1 Å². The highest BCUT2D eigenvalue weighted by molar-refractivity contribution is 5.00. The number of hydrogen-bond acceptors (Lipinski definition) is 3. The molecule has 1 atom stereocenters. The Hall–Kier alpha value is -1.01. The maximum atomic E-state index is 11.9. The third-order valence-corrected chi connectivity index (χ3v) is 2.12. The third kappa shape index (κ3) is 3.93. The van der Waals surface area contributed by atoms with Crippen molar-refractivity contribution in [3.05, 3.63) is 18.0 Å². The third-order valence-electron chi connectivity index (χ3n) is 2.12. The molecule has 4 nitrogen and oxygen atoms in total. The van der Waals surface area contributed by atoms with E-state index in [0.717, 1.165) is 5.69 Å². The Balaban J connectivity index is 2.15. The second kappa shape index (κ2) is 5.77. The van der Waals surface area contributed by atoms with Gasteiger partial charge < -0.3 is 10.4 Å². The monoisotopic (exact) mass is 219 g/mol. The molecule has 0 fully saturated rings. The van der Waals surface area contributed by atoms with E-state index in [1.807, 2.05) is 13.1 Å². The number of alkyl halides is 2. The first kappa shape index (κ1) is 12.1. The molecular formula is C9H15F2N3O. The van der Waals surface area contributed by atoms with E-state index in [4.69, 9.17) is 5.11 Å². The predicted octanol–water partition coefficient (Wildman–Crippen LogP) is 0.178. The predicted molar refractivity (Wildman–Crippen MR) is 51.8 cm³/mol. The first-order valence-corrected chi connectivity index (χ1v) is 4.75. The van der Waals surface area contributed by atoms with E-state index in [0.29, 0.717) is 13.0 Å². The normalized spacial score (nSPS) is 13.4. The van der Waals surface area contributed by atoms with Crippen LogP contribution in [-0.2, 0) is 13.5 Å². The summed E-state index contributed by atoms with van der Waals surface area (Å²) in [6.07, 6.45) is -1.89. The summed E-state index contributed by atoms with van der Waals surface area (Å²) in [4.78, 5) is 0. The first-order valence-electron chi connectivity index (χ1n) is 4.75. The fourth-order valence-electron chi connectivity index (χ4n) is 1.20. The van der Waals surface area contributed by atoms with Crippen LogP contribution in [0.25, 0.3) is 0 Å². The number of aromatic nitrogens is 2. The maximum Gasteiger partial charge on any atom is 0.265 e. The summed E-state index contributed by atoms with van der Waals surface area (Å²) in [5.74, 6) is 0. The largest absolute Gasteiger partial charge is 0.386 e. The lowest BCUT2D eigenvalue weighted by atomic mass is 10.3. The molecule has 0 bridgehead atoms. The van der Waals surface area contributed by atoms with Gasteiger partial charge in [-0.05, 0) is 6.07 Å². The SMILES string of the molecule is Cn1nccc1CCNCC(O)C(F)F. The number of halogens is 2. The molecule has 0 radical (unpaired) electrons. The molecule has 1 aromatic rings. The van der Waals surface area contributed by atoms with Gasteiger partial charge in [-0.15, -0.1) is 0 Å². The summed E-state index contributed by atoms with van der Waals surface area (Å²) in [5, 5.41) is 15.5. The Bertz CT molecular complexity index is 291. The number of aliphatic hydroxyl groups excluding tert-OH is 1. The van der Waals surface area contributed by atoms with Gasteiger partial charge in [-0.3, -0.25) is 4.68 Å². The lowest BCUT2D eigenvalue weighted by Crippen LogP contribution is -2.33. The topological polar surface area (TPSA) is 50.1 Å². The molecule has 0 aromatic carbocycles. The lowest BCUT2D eigenvalue weighted by Gasteiger charge is -2.10. The molecule has 1 heterocycles. The molecule has 1 rings (SSSR count). The molecule has 2 N–H and O–H groups in total. The zero-order valence-electron chi connectivity index (χ0n) is 8.53. The number of aliphatic hydroxyl groups is 1. The zero-order valence-corrected chi connectivity index (χ0v) is 8.53. The van der Waals surface area contributed by atoms with Crippen LogP contribution in [0.1, 0.15) is 5.69 Å². The van der Waals surface area contributed by atoms with E-state index in [-0.39, 0.29) is 6.54 Å². The number of nitrogens with zero attached hydrogens (tertiary/aromatic N) is 2. The standard InChI is InChI=1S/C9H15F2N3O/c1-14-7(3-5-13-14)2-4-12-6-8(15)9(10)11/h3,5,8-9,12,15H,2,4,6H2,1H3. The Morgan fingerprint density at radius 3 is 2.87 bits per heavy atom. The van der Waals surface area contributed by atoms with E-state index in [2.05, 4.69) is 10.4 Å². The Morgan fingerprint density at radius 2 is 2.33 bits per heavy atom. The fourth-order valence-corrected chi connectivity index (χ4v) is 1.20. The van der Waals surface area contributed by atoms with Gasteiger partial charge in [0.05, 0.1) is 0 Å². The molecule has 15 heavy (non-hydrogen) atoms. The Morgan fingerprint density at radius 1 is 1.60 bits per heavy atom. The highest BCUT2D eigenvalue weighted by atomic mass is 19.3. The summed E-state index contributed by atoms with van der Waals surface area (Å²) in [7, 11) is 1.82. The zero-order chi connectivity index (χ0) is 11.3. The van der Waals surface area contributed by atoms with Crippen molar-refractivity contribution >= 4 is 0 Å². The number of rotatable bonds is 6. The molecule has 1 unspecified atom stereocenters. The van der Waals surface area contributed by atoms with Crippen molar-refractivity contribution in [2.24, 2.45) is 7.05 Å². The summed E-state index contributed by atoms with van der Waals surface area (Å²) in [5.41, 5.74) is 1.02. The van der Waals surface area contributed by atoms with E-state index in [9.17, 15) is 8.78 Å². The van der Waals surface area contributed by atoms with Crippen LogP contribution in [0.2, 0.25) is 0 Å². The Kier molecular flexibility index (Phi) is 4.64. The molecule has 0 spiro atoms. The van der Waals surface area contributed by atoms with Crippen molar-refractivity contribution < 1.29 is 13.9 Å². The molecule has 0 amide bonds. The quantitative estimate of drug-likeness (QED) is 0.671. The van der Waals surface area contributed by atoms with E-state index < -0.39 is 12.5 Å². The van der Waals surface area contributed by atoms with Crippen LogP contribution in [0.5, 0.6) is 0 Å². The maximum absolute atomic E-state index is 11.9. The van der Waals surface area contributed by atoms with Crippen LogP contribution in [0.15, 0.2) is 12.3 Å². The molecule has 0 aliphatic rings.